The summed E-state index contributed by atoms with van der Waals surface area (Å²) in [5.41, 5.74) is 6.18. The first-order valence-electron chi connectivity index (χ1n) is 8.83. The molecule has 0 amide bonds. The molecule has 4 heterocycles. The Bertz CT molecular complexity index is 1490. The fourth-order valence-corrected chi connectivity index (χ4v) is 3.70. The zero-order valence-corrected chi connectivity index (χ0v) is 14.6. The minimum atomic E-state index is 0.647. The average Bonchev–Trinajstić information content (AvgIpc) is 3.25. The normalized spacial score (nSPS) is 11.9. The van der Waals surface area contributed by atoms with Crippen LogP contribution in [0.2, 0.25) is 0 Å². The summed E-state index contributed by atoms with van der Waals surface area (Å²) in [6.07, 6.45) is 3.60. The lowest BCUT2D eigenvalue weighted by Crippen LogP contribution is -1.85. The Labute approximate surface area is 154 Å². The van der Waals surface area contributed by atoms with E-state index < -0.39 is 0 Å². The number of furan rings is 2. The van der Waals surface area contributed by atoms with Crippen molar-refractivity contribution in [1.29, 1.82) is 0 Å². The van der Waals surface area contributed by atoms with Crippen LogP contribution < -0.4 is 0 Å². The van der Waals surface area contributed by atoms with Crippen LogP contribution >= 0.6 is 0 Å². The van der Waals surface area contributed by atoms with Crippen molar-refractivity contribution in [2.75, 3.05) is 0 Å². The number of hydrogen-bond donors (Lipinski definition) is 0. The molecule has 0 spiro atoms. The summed E-state index contributed by atoms with van der Waals surface area (Å²) in [5, 5.41) is 4.23. The number of para-hydroxylation sites is 1. The highest BCUT2D eigenvalue weighted by Crippen LogP contribution is 2.33. The van der Waals surface area contributed by atoms with Gasteiger partial charge in [0.25, 0.3) is 0 Å². The standard InChI is InChI=1S/C23H14N2O2/c1-13-6-7-21-16(8-13)18-9-14(11-25-23(18)27-21)19-10-17-15-4-2-3-5-20(15)26-22(17)12-24-19/h2-12H,1H3. The predicted octanol–water partition coefficient (Wildman–Crippen LogP) is 6.25. The van der Waals surface area contributed by atoms with Gasteiger partial charge in [-0.1, -0.05) is 29.8 Å². The van der Waals surface area contributed by atoms with Gasteiger partial charge >= 0.3 is 0 Å². The molecule has 0 N–H and O–H groups in total. The molecule has 0 aliphatic heterocycles. The SMILES string of the molecule is Cc1ccc2oc3ncc(-c4cc5c(cn4)oc4ccccc45)cc3c2c1. The van der Waals surface area contributed by atoms with Gasteiger partial charge in [0.2, 0.25) is 5.71 Å². The summed E-state index contributed by atoms with van der Waals surface area (Å²) < 4.78 is 11.7. The Kier molecular flexibility index (Phi) is 2.78. The van der Waals surface area contributed by atoms with E-state index in [0.717, 1.165) is 49.6 Å². The topological polar surface area (TPSA) is 52.1 Å². The third-order valence-electron chi connectivity index (χ3n) is 5.04. The maximum absolute atomic E-state index is 5.88. The van der Waals surface area contributed by atoms with E-state index in [2.05, 4.69) is 41.2 Å². The monoisotopic (exact) mass is 350 g/mol. The second-order valence-corrected chi connectivity index (χ2v) is 6.84. The summed E-state index contributed by atoms with van der Waals surface area (Å²) in [6, 6.07) is 18.4. The summed E-state index contributed by atoms with van der Waals surface area (Å²) in [5.74, 6) is 0. The lowest BCUT2D eigenvalue weighted by Gasteiger charge is -2.01. The Morgan fingerprint density at radius 1 is 0.667 bits per heavy atom. The molecule has 0 saturated carbocycles. The lowest BCUT2D eigenvalue weighted by atomic mass is 10.1. The van der Waals surface area contributed by atoms with Crippen LogP contribution in [-0.2, 0) is 0 Å². The molecule has 128 valence electrons. The zero-order valence-electron chi connectivity index (χ0n) is 14.6. The van der Waals surface area contributed by atoms with Crippen molar-refractivity contribution in [2.24, 2.45) is 0 Å². The summed E-state index contributed by atoms with van der Waals surface area (Å²) in [4.78, 5) is 9.12. The Balaban J connectivity index is 1.61. The van der Waals surface area contributed by atoms with E-state index in [1.54, 1.807) is 6.20 Å². The van der Waals surface area contributed by atoms with Gasteiger partial charge in [-0.15, -0.1) is 0 Å². The van der Waals surface area contributed by atoms with Crippen LogP contribution in [0.4, 0.5) is 0 Å². The number of rotatable bonds is 1. The summed E-state index contributed by atoms with van der Waals surface area (Å²) >= 11 is 0. The smallest absolute Gasteiger partial charge is 0.227 e. The van der Waals surface area contributed by atoms with Crippen LogP contribution in [-0.4, -0.2) is 9.97 Å². The van der Waals surface area contributed by atoms with Gasteiger partial charge in [-0.3, -0.25) is 4.98 Å². The van der Waals surface area contributed by atoms with Crippen molar-refractivity contribution in [1.82, 2.24) is 9.97 Å². The molecule has 4 nitrogen and oxygen atoms in total. The molecular weight excluding hydrogens is 336 g/mol. The number of hydrogen-bond acceptors (Lipinski definition) is 4. The zero-order chi connectivity index (χ0) is 18.0. The van der Waals surface area contributed by atoms with Gasteiger partial charge in [-0.2, -0.15) is 0 Å². The van der Waals surface area contributed by atoms with Gasteiger partial charge < -0.3 is 8.83 Å². The van der Waals surface area contributed by atoms with E-state index in [0.29, 0.717) is 5.71 Å². The Morgan fingerprint density at radius 3 is 2.48 bits per heavy atom. The van der Waals surface area contributed by atoms with E-state index >= 15 is 0 Å². The molecule has 6 aromatic rings. The Morgan fingerprint density at radius 2 is 1.52 bits per heavy atom. The van der Waals surface area contributed by atoms with E-state index in [1.807, 2.05) is 36.5 Å². The molecule has 0 aliphatic carbocycles. The van der Waals surface area contributed by atoms with Crippen LogP contribution in [0, 0.1) is 6.92 Å². The highest BCUT2D eigenvalue weighted by Gasteiger charge is 2.13. The van der Waals surface area contributed by atoms with Crippen molar-refractivity contribution in [2.45, 2.75) is 6.92 Å². The maximum Gasteiger partial charge on any atom is 0.227 e. The minimum Gasteiger partial charge on any atom is -0.454 e. The highest BCUT2D eigenvalue weighted by molar-refractivity contribution is 6.07. The van der Waals surface area contributed by atoms with Gasteiger partial charge in [0.05, 0.1) is 11.9 Å². The summed E-state index contributed by atoms with van der Waals surface area (Å²) in [6.45, 7) is 2.08. The third kappa shape index (κ3) is 2.10. The highest BCUT2D eigenvalue weighted by atomic mass is 16.3. The predicted molar refractivity (Wildman–Crippen MR) is 107 cm³/mol. The molecule has 0 fully saturated rings. The fourth-order valence-electron chi connectivity index (χ4n) is 3.70. The second-order valence-electron chi connectivity index (χ2n) is 6.84. The number of fused-ring (bicyclic) bond motifs is 6. The molecule has 27 heavy (non-hydrogen) atoms. The first-order chi connectivity index (χ1) is 13.3. The van der Waals surface area contributed by atoms with Crippen molar-refractivity contribution >= 4 is 44.0 Å². The van der Waals surface area contributed by atoms with Gasteiger partial charge in [0, 0.05) is 33.3 Å². The number of aromatic nitrogens is 2. The van der Waals surface area contributed by atoms with E-state index in [-0.39, 0.29) is 0 Å². The van der Waals surface area contributed by atoms with Gasteiger partial charge in [0.1, 0.15) is 11.2 Å². The van der Waals surface area contributed by atoms with Crippen LogP contribution in [0.3, 0.4) is 0 Å². The summed E-state index contributed by atoms with van der Waals surface area (Å²) in [7, 11) is 0. The van der Waals surface area contributed by atoms with Crippen LogP contribution in [0.5, 0.6) is 0 Å². The molecule has 6 rings (SSSR count). The number of aryl methyl sites for hydroxylation is 1. The first kappa shape index (κ1) is 14.5. The maximum atomic E-state index is 5.88. The number of benzene rings is 2. The molecule has 0 unspecified atom stereocenters. The van der Waals surface area contributed by atoms with E-state index in [1.165, 1.54) is 5.56 Å². The molecule has 4 heteroatoms. The van der Waals surface area contributed by atoms with Gasteiger partial charge in [-0.25, -0.2) is 4.98 Å². The van der Waals surface area contributed by atoms with Gasteiger partial charge in [-0.05, 0) is 37.3 Å². The van der Waals surface area contributed by atoms with Crippen molar-refractivity contribution < 1.29 is 8.83 Å². The van der Waals surface area contributed by atoms with Crippen LogP contribution in [0.15, 0.2) is 75.8 Å². The van der Waals surface area contributed by atoms with Crippen molar-refractivity contribution in [3.8, 4) is 11.3 Å². The first-order valence-corrected chi connectivity index (χ1v) is 8.83. The van der Waals surface area contributed by atoms with E-state index in [4.69, 9.17) is 8.83 Å². The van der Waals surface area contributed by atoms with Crippen molar-refractivity contribution in [3.63, 3.8) is 0 Å². The molecule has 0 aliphatic rings. The van der Waals surface area contributed by atoms with E-state index in [9.17, 15) is 0 Å². The average molecular weight is 350 g/mol. The molecule has 0 radical (unpaired) electrons. The van der Waals surface area contributed by atoms with Crippen LogP contribution in [0.25, 0.3) is 55.3 Å². The molecule has 0 atom stereocenters. The quantitative estimate of drug-likeness (QED) is 0.352. The lowest BCUT2D eigenvalue weighted by molar-refractivity contribution is 0.654. The molecule has 2 aromatic carbocycles. The molecule has 0 bridgehead atoms. The molecular formula is C23H14N2O2. The Hall–Kier alpha value is -3.66. The minimum absolute atomic E-state index is 0.647. The third-order valence-corrected chi connectivity index (χ3v) is 5.04. The molecule has 4 aromatic heterocycles. The molecule has 0 saturated heterocycles. The van der Waals surface area contributed by atoms with Crippen molar-refractivity contribution in [3.05, 3.63) is 72.6 Å². The number of pyridine rings is 2. The second kappa shape index (κ2) is 5.17. The fraction of sp³-hybridized carbons (Fsp3) is 0.0435. The van der Waals surface area contributed by atoms with Crippen LogP contribution in [0.1, 0.15) is 5.56 Å². The largest absolute Gasteiger partial charge is 0.454 e. The van der Waals surface area contributed by atoms with Gasteiger partial charge in [0.15, 0.2) is 5.58 Å². The number of nitrogens with zero attached hydrogens (tertiary/aromatic N) is 2.